The molecule has 0 saturated carbocycles. The van der Waals surface area contributed by atoms with Gasteiger partial charge in [0.1, 0.15) is 12.4 Å². The van der Waals surface area contributed by atoms with Gasteiger partial charge in [-0.15, -0.1) is 0 Å². The summed E-state index contributed by atoms with van der Waals surface area (Å²) >= 11 is 12.0. The molecule has 0 saturated heterocycles. The van der Waals surface area contributed by atoms with Crippen LogP contribution in [0.25, 0.3) is 0 Å². The predicted molar refractivity (Wildman–Crippen MR) is 86.8 cm³/mol. The van der Waals surface area contributed by atoms with Crippen molar-refractivity contribution in [3.63, 3.8) is 0 Å². The van der Waals surface area contributed by atoms with Gasteiger partial charge in [0.05, 0.1) is 6.04 Å². The molecule has 2 aromatic rings. The molecule has 23 heavy (non-hydrogen) atoms. The van der Waals surface area contributed by atoms with Crippen LogP contribution in [-0.4, -0.2) is 15.5 Å². The normalized spacial score (nSPS) is 13.4. The van der Waals surface area contributed by atoms with Crippen molar-refractivity contribution in [2.75, 3.05) is 0 Å². The molecule has 0 spiro atoms. The average Bonchev–Trinajstić information content (AvgIpc) is 2.93. The lowest BCUT2D eigenvalue weighted by atomic mass is 10.1. The average molecular weight is 362 g/mol. The van der Waals surface area contributed by atoms with Crippen LogP contribution in [0.2, 0.25) is 10.0 Å². The topological polar surface area (TPSA) is 68.2 Å². The molecule has 2 rings (SSSR count). The molecule has 0 aliphatic heterocycles. The lowest BCUT2D eigenvalue weighted by Gasteiger charge is -2.16. The molecule has 1 unspecified atom stereocenters. The SMILES string of the molecule is CC(NC(N)=NCc1nccn1C(F)F)c1ccc(Cl)cc1Cl. The summed E-state index contributed by atoms with van der Waals surface area (Å²) in [7, 11) is 0. The molecule has 1 aromatic heterocycles. The lowest BCUT2D eigenvalue weighted by molar-refractivity contribution is 0.0671. The summed E-state index contributed by atoms with van der Waals surface area (Å²) in [6, 6.07) is 4.90. The first-order valence-electron chi connectivity index (χ1n) is 6.69. The zero-order chi connectivity index (χ0) is 17.0. The molecule has 0 bridgehead atoms. The van der Waals surface area contributed by atoms with E-state index in [9.17, 15) is 8.78 Å². The first kappa shape index (κ1) is 17.5. The number of hydrogen-bond acceptors (Lipinski definition) is 2. The van der Waals surface area contributed by atoms with Crippen LogP contribution in [0, 0.1) is 0 Å². The maximum atomic E-state index is 12.7. The first-order chi connectivity index (χ1) is 10.9. The minimum absolute atomic E-state index is 0.0583. The summed E-state index contributed by atoms with van der Waals surface area (Å²) in [6.45, 7) is -0.877. The minimum atomic E-state index is -2.66. The number of rotatable bonds is 5. The van der Waals surface area contributed by atoms with Crippen LogP contribution in [-0.2, 0) is 6.54 Å². The van der Waals surface area contributed by atoms with E-state index in [4.69, 9.17) is 28.9 Å². The number of aromatic nitrogens is 2. The number of aliphatic imine (C=N–C) groups is 1. The van der Waals surface area contributed by atoms with Crippen molar-refractivity contribution in [3.8, 4) is 0 Å². The molecule has 3 N–H and O–H groups in total. The minimum Gasteiger partial charge on any atom is -0.370 e. The first-order valence-corrected chi connectivity index (χ1v) is 7.45. The van der Waals surface area contributed by atoms with Crippen molar-refractivity contribution in [2.45, 2.75) is 26.1 Å². The molecule has 9 heteroatoms. The van der Waals surface area contributed by atoms with Crippen molar-refractivity contribution in [2.24, 2.45) is 10.7 Å². The van der Waals surface area contributed by atoms with Gasteiger partial charge in [-0.1, -0.05) is 29.3 Å². The standard InChI is InChI=1S/C14H15Cl2F2N5/c1-8(10-3-2-9(15)6-11(10)16)22-14(19)21-7-12-20-4-5-23(12)13(17)18/h2-6,8,13H,7H2,1H3,(H3,19,21,22). The Hall–Kier alpha value is -1.86. The molecular formula is C14H15Cl2F2N5. The summed E-state index contributed by atoms with van der Waals surface area (Å²) in [5.41, 5.74) is 6.57. The molecule has 0 amide bonds. The van der Waals surface area contributed by atoms with E-state index in [0.29, 0.717) is 10.0 Å². The Morgan fingerprint density at radius 1 is 1.43 bits per heavy atom. The quantitative estimate of drug-likeness (QED) is 0.629. The van der Waals surface area contributed by atoms with E-state index in [1.807, 2.05) is 6.92 Å². The fraction of sp³-hybridized carbons (Fsp3) is 0.286. The highest BCUT2D eigenvalue weighted by Gasteiger charge is 2.12. The van der Waals surface area contributed by atoms with Crippen molar-refractivity contribution in [1.82, 2.24) is 14.9 Å². The van der Waals surface area contributed by atoms with Gasteiger partial charge in [-0.3, -0.25) is 4.57 Å². The summed E-state index contributed by atoms with van der Waals surface area (Å²) in [4.78, 5) is 7.85. The number of nitrogens with one attached hydrogen (secondary N) is 1. The van der Waals surface area contributed by atoms with Crippen LogP contribution in [0.15, 0.2) is 35.6 Å². The second kappa shape index (κ2) is 7.61. The van der Waals surface area contributed by atoms with E-state index in [2.05, 4.69) is 15.3 Å². The smallest absolute Gasteiger partial charge is 0.319 e. The van der Waals surface area contributed by atoms with Gasteiger partial charge in [0.15, 0.2) is 5.96 Å². The van der Waals surface area contributed by atoms with Crippen LogP contribution in [0.4, 0.5) is 8.78 Å². The van der Waals surface area contributed by atoms with E-state index in [-0.39, 0.29) is 24.4 Å². The summed E-state index contributed by atoms with van der Waals surface area (Å²) in [5, 5.41) is 3.98. The molecule has 0 radical (unpaired) electrons. The molecular weight excluding hydrogens is 347 g/mol. The Balaban J connectivity index is 2.03. The third-order valence-corrected chi connectivity index (χ3v) is 3.71. The van der Waals surface area contributed by atoms with Crippen molar-refractivity contribution < 1.29 is 8.78 Å². The summed E-state index contributed by atoms with van der Waals surface area (Å²) < 4.78 is 26.1. The van der Waals surface area contributed by atoms with Crippen LogP contribution in [0.1, 0.15) is 30.9 Å². The molecule has 0 aliphatic rings. The monoisotopic (exact) mass is 361 g/mol. The molecule has 1 heterocycles. The second-order valence-electron chi connectivity index (χ2n) is 4.76. The van der Waals surface area contributed by atoms with Gasteiger partial charge in [-0.2, -0.15) is 8.78 Å². The summed E-state index contributed by atoms with van der Waals surface area (Å²) in [6.07, 6.45) is 2.48. The van der Waals surface area contributed by atoms with Gasteiger partial charge in [-0.25, -0.2) is 9.98 Å². The fourth-order valence-corrected chi connectivity index (χ4v) is 2.57. The third-order valence-electron chi connectivity index (χ3n) is 3.14. The van der Waals surface area contributed by atoms with Crippen LogP contribution in [0.3, 0.4) is 0 Å². The molecule has 1 aromatic carbocycles. The van der Waals surface area contributed by atoms with E-state index in [1.165, 1.54) is 12.4 Å². The van der Waals surface area contributed by atoms with Crippen LogP contribution < -0.4 is 11.1 Å². The largest absolute Gasteiger partial charge is 0.370 e. The maximum Gasteiger partial charge on any atom is 0.319 e. The molecule has 5 nitrogen and oxygen atoms in total. The Bertz CT molecular complexity index is 702. The van der Waals surface area contributed by atoms with Crippen molar-refractivity contribution in [3.05, 3.63) is 52.0 Å². The lowest BCUT2D eigenvalue weighted by Crippen LogP contribution is -2.34. The highest BCUT2D eigenvalue weighted by atomic mass is 35.5. The zero-order valence-corrected chi connectivity index (χ0v) is 13.7. The number of halogens is 4. The second-order valence-corrected chi connectivity index (χ2v) is 5.61. The highest BCUT2D eigenvalue weighted by molar-refractivity contribution is 6.35. The van der Waals surface area contributed by atoms with Gasteiger partial charge >= 0.3 is 6.55 Å². The predicted octanol–water partition coefficient (Wildman–Crippen LogP) is 3.75. The maximum absolute atomic E-state index is 12.7. The van der Waals surface area contributed by atoms with Gasteiger partial charge in [0.2, 0.25) is 0 Å². The van der Waals surface area contributed by atoms with Gasteiger partial charge in [-0.05, 0) is 24.6 Å². The Kier molecular flexibility index (Phi) is 5.79. The Morgan fingerprint density at radius 3 is 2.83 bits per heavy atom. The zero-order valence-electron chi connectivity index (χ0n) is 12.2. The van der Waals surface area contributed by atoms with E-state index in [1.54, 1.807) is 18.2 Å². The highest BCUT2D eigenvalue weighted by Crippen LogP contribution is 2.25. The van der Waals surface area contributed by atoms with Gasteiger partial charge < -0.3 is 11.1 Å². The number of nitrogens with zero attached hydrogens (tertiary/aromatic N) is 3. The Labute approximate surface area is 142 Å². The number of nitrogens with two attached hydrogens (primary N) is 1. The molecule has 0 aliphatic carbocycles. The van der Waals surface area contributed by atoms with Gasteiger partial charge in [0, 0.05) is 22.4 Å². The summed E-state index contributed by atoms with van der Waals surface area (Å²) in [5.74, 6) is 0.231. The number of hydrogen-bond donors (Lipinski definition) is 2. The fourth-order valence-electron chi connectivity index (χ4n) is 2.00. The van der Waals surface area contributed by atoms with Crippen LogP contribution >= 0.6 is 23.2 Å². The van der Waals surface area contributed by atoms with Crippen molar-refractivity contribution >= 4 is 29.2 Å². The molecule has 0 fully saturated rings. The number of guanidine groups is 1. The number of benzene rings is 1. The Morgan fingerprint density at radius 2 is 2.17 bits per heavy atom. The van der Waals surface area contributed by atoms with Crippen molar-refractivity contribution in [1.29, 1.82) is 0 Å². The number of alkyl halides is 2. The van der Waals surface area contributed by atoms with Crippen LogP contribution in [0.5, 0.6) is 0 Å². The molecule has 1 atom stereocenters. The van der Waals surface area contributed by atoms with E-state index < -0.39 is 6.55 Å². The third kappa shape index (κ3) is 4.56. The van der Waals surface area contributed by atoms with E-state index >= 15 is 0 Å². The van der Waals surface area contributed by atoms with Gasteiger partial charge in [0.25, 0.3) is 0 Å². The molecule has 124 valence electrons. The number of imidazole rings is 1. The van der Waals surface area contributed by atoms with E-state index in [0.717, 1.165) is 10.1 Å².